The summed E-state index contributed by atoms with van der Waals surface area (Å²) < 4.78 is 27.0. The number of benzene rings is 1. The van der Waals surface area contributed by atoms with Gasteiger partial charge in [0.25, 0.3) is 0 Å². The first kappa shape index (κ1) is 17.0. The molecule has 0 saturated heterocycles. The summed E-state index contributed by atoms with van der Waals surface area (Å²) in [5, 5.41) is 3.16. The average molecular weight is 380 g/mol. The molecule has 0 atom stereocenters. The first-order valence-corrected chi connectivity index (χ1v) is 9.90. The Labute approximate surface area is 149 Å². The van der Waals surface area contributed by atoms with Crippen molar-refractivity contribution in [2.75, 3.05) is 6.54 Å². The van der Waals surface area contributed by atoms with Crippen LogP contribution in [-0.2, 0) is 16.4 Å². The zero-order chi connectivity index (χ0) is 17.0. The van der Waals surface area contributed by atoms with E-state index in [-0.39, 0.29) is 11.4 Å². The van der Waals surface area contributed by atoms with Crippen molar-refractivity contribution in [3.63, 3.8) is 0 Å². The van der Waals surface area contributed by atoms with Gasteiger partial charge in [-0.1, -0.05) is 23.7 Å². The number of pyridine rings is 1. The molecule has 0 spiro atoms. The van der Waals surface area contributed by atoms with Crippen molar-refractivity contribution in [1.29, 1.82) is 0 Å². The third kappa shape index (κ3) is 4.18. The predicted molar refractivity (Wildman–Crippen MR) is 95.7 cm³/mol. The standard InChI is InChI=1S/C16H14ClN3O2S2/c17-12-4-3-5-13(10-12)24(21,22)19-9-7-16-20-15(11-23-16)14-6-1-2-8-18-14/h1-6,8,10-11,19H,7,9H2. The lowest BCUT2D eigenvalue weighted by molar-refractivity contribution is 0.581. The number of halogens is 1. The quantitative estimate of drug-likeness (QED) is 0.712. The van der Waals surface area contributed by atoms with Crippen molar-refractivity contribution in [3.05, 3.63) is 64.1 Å². The zero-order valence-corrected chi connectivity index (χ0v) is 14.9. The van der Waals surface area contributed by atoms with Crippen LogP contribution in [-0.4, -0.2) is 24.9 Å². The van der Waals surface area contributed by atoms with E-state index in [0.29, 0.717) is 11.4 Å². The Kier molecular flexibility index (Phi) is 5.25. The van der Waals surface area contributed by atoms with E-state index in [9.17, 15) is 8.42 Å². The first-order chi connectivity index (χ1) is 11.5. The third-order valence-electron chi connectivity index (χ3n) is 3.22. The van der Waals surface area contributed by atoms with E-state index in [0.717, 1.165) is 16.4 Å². The molecule has 0 aliphatic heterocycles. The van der Waals surface area contributed by atoms with Crippen LogP contribution < -0.4 is 4.72 Å². The Morgan fingerprint density at radius 2 is 2.00 bits per heavy atom. The van der Waals surface area contributed by atoms with Gasteiger partial charge in [-0.3, -0.25) is 4.98 Å². The molecule has 2 aromatic heterocycles. The number of hydrogen-bond acceptors (Lipinski definition) is 5. The highest BCUT2D eigenvalue weighted by atomic mass is 35.5. The van der Waals surface area contributed by atoms with Crippen molar-refractivity contribution in [2.24, 2.45) is 0 Å². The Balaban J connectivity index is 1.62. The molecule has 0 unspecified atom stereocenters. The van der Waals surface area contributed by atoms with Gasteiger partial charge in [-0.05, 0) is 30.3 Å². The van der Waals surface area contributed by atoms with Crippen molar-refractivity contribution in [2.45, 2.75) is 11.3 Å². The summed E-state index contributed by atoms with van der Waals surface area (Å²) in [5.74, 6) is 0. The molecule has 3 aromatic rings. The topological polar surface area (TPSA) is 72.0 Å². The number of sulfonamides is 1. The van der Waals surface area contributed by atoms with Crippen molar-refractivity contribution >= 4 is 33.0 Å². The summed E-state index contributed by atoms with van der Waals surface area (Å²) in [7, 11) is -3.57. The molecular formula is C16H14ClN3O2S2. The summed E-state index contributed by atoms with van der Waals surface area (Å²) in [6.45, 7) is 0.268. The Hall–Kier alpha value is -1.80. The second-order valence-electron chi connectivity index (χ2n) is 4.95. The van der Waals surface area contributed by atoms with Crippen LogP contribution in [0, 0.1) is 0 Å². The molecule has 1 aromatic carbocycles. The SMILES string of the molecule is O=S(=O)(NCCc1nc(-c2ccccn2)cs1)c1cccc(Cl)c1. The van der Waals surface area contributed by atoms with E-state index in [1.54, 1.807) is 18.3 Å². The van der Waals surface area contributed by atoms with E-state index in [1.807, 2.05) is 23.6 Å². The van der Waals surface area contributed by atoms with Gasteiger partial charge in [0, 0.05) is 29.6 Å². The maximum absolute atomic E-state index is 12.2. The van der Waals surface area contributed by atoms with Gasteiger partial charge < -0.3 is 0 Å². The van der Waals surface area contributed by atoms with Gasteiger partial charge in [0.2, 0.25) is 10.0 Å². The molecule has 124 valence electrons. The molecule has 0 bridgehead atoms. The van der Waals surface area contributed by atoms with Crippen LogP contribution >= 0.6 is 22.9 Å². The molecule has 0 radical (unpaired) electrons. The lowest BCUT2D eigenvalue weighted by Gasteiger charge is -2.06. The van der Waals surface area contributed by atoms with Crippen molar-refractivity contribution in [1.82, 2.24) is 14.7 Å². The fourth-order valence-electron chi connectivity index (χ4n) is 2.07. The number of aromatic nitrogens is 2. The summed E-state index contributed by atoms with van der Waals surface area (Å²) in [4.78, 5) is 8.89. The van der Waals surface area contributed by atoms with Crippen molar-refractivity contribution < 1.29 is 8.42 Å². The van der Waals surface area contributed by atoms with Crippen LogP contribution in [0.25, 0.3) is 11.4 Å². The molecule has 24 heavy (non-hydrogen) atoms. The van der Waals surface area contributed by atoms with Gasteiger partial charge in [-0.15, -0.1) is 11.3 Å². The highest BCUT2D eigenvalue weighted by molar-refractivity contribution is 7.89. The second kappa shape index (κ2) is 7.40. The average Bonchev–Trinajstić information content (AvgIpc) is 3.04. The highest BCUT2D eigenvalue weighted by Gasteiger charge is 2.14. The summed E-state index contributed by atoms with van der Waals surface area (Å²) in [5.41, 5.74) is 1.60. The molecule has 0 saturated carbocycles. The maximum atomic E-state index is 12.2. The molecule has 2 heterocycles. The minimum atomic E-state index is -3.57. The predicted octanol–water partition coefficient (Wildman–Crippen LogP) is 3.38. The normalized spacial score (nSPS) is 11.5. The van der Waals surface area contributed by atoms with Crippen LogP contribution in [0.4, 0.5) is 0 Å². The number of nitrogens with zero attached hydrogens (tertiary/aromatic N) is 2. The molecule has 0 amide bonds. The highest BCUT2D eigenvalue weighted by Crippen LogP contribution is 2.20. The molecule has 1 N–H and O–H groups in total. The summed E-state index contributed by atoms with van der Waals surface area (Å²) in [6, 6.07) is 11.8. The van der Waals surface area contributed by atoms with E-state index >= 15 is 0 Å². The number of thiazole rings is 1. The summed E-state index contributed by atoms with van der Waals surface area (Å²) in [6.07, 6.45) is 2.23. The number of hydrogen-bond donors (Lipinski definition) is 1. The van der Waals surface area contributed by atoms with Gasteiger partial charge in [-0.2, -0.15) is 0 Å². The van der Waals surface area contributed by atoms with E-state index in [4.69, 9.17) is 11.6 Å². The molecule has 0 aliphatic rings. The fraction of sp³-hybridized carbons (Fsp3) is 0.125. The lowest BCUT2D eigenvalue weighted by Crippen LogP contribution is -2.25. The van der Waals surface area contributed by atoms with E-state index in [2.05, 4.69) is 14.7 Å². The van der Waals surface area contributed by atoms with Crippen LogP contribution in [0.2, 0.25) is 5.02 Å². The van der Waals surface area contributed by atoms with Gasteiger partial charge in [0.05, 0.1) is 21.3 Å². The minimum Gasteiger partial charge on any atom is -0.255 e. The molecule has 3 rings (SSSR count). The van der Waals surface area contributed by atoms with E-state index < -0.39 is 10.0 Å². The van der Waals surface area contributed by atoms with Crippen LogP contribution in [0.15, 0.2) is 58.9 Å². The molecule has 8 heteroatoms. The minimum absolute atomic E-state index is 0.156. The Bertz CT molecular complexity index is 927. The molecule has 0 aliphatic carbocycles. The van der Waals surface area contributed by atoms with E-state index in [1.165, 1.54) is 23.5 Å². The van der Waals surface area contributed by atoms with Crippen molar-refractivity contribution in [3.8, 4) is 11.4 Å². The fourth-order valence-corrected chi connectivity index (χ4v) is 4.19. The maximum Gasteiger partial charge on any atom is 0.240 e. The lowest BCUT2D eigenvalue weighted by atomic mass is 10.3. The monoisotopic (exact) mass is 379 g/mol. The van der Waals surface area contributed by atoms with Gasteiger partial charge >= 0.3 is 0 Å². The summed E-state index contributed by atoms with van der Waals surface area (Å²) >= 11 is 7.32. The van der Waals surface area contributed by atoms with Crippen LogP contribution in [0.1, 0.15) is 5.01 Å². The zero-order valence-electron chi connectivity index (χ0n) is 12.5. The second-order valence-corrected chi connectivity index (χ2v) is 8.09. The molecule has 5 nitrogen and oxygen atoms in total. The smallest absolute Gasteiger partial charge is 0.240 e. The molecular weight excluding hydrogens is 366 g/mol. The Morgan fingerprint density at radius 3 is 2.75 bits per heavy atom. The van der Waals surface area contributed by atoms with Gasteiger partial charge in [0.1, 0.15) is 0 Å². The Morgan fingerprint density at radius 1 is 1.12 bits per heavy atom. The van der Waals surface area contributed by atoms with Crippen LogP contribution in [0.5, 0.6) is 0 Å². The molecule has 0 fully saturated rings. The first-order valence-electron chi connectivity index (χ1n) is 7.16. The third-order valence-corrected chi connectivity index (χ3v) is 5.82. The number of nitrogens with one attached hydrogen (secondary N) is 1. The van der Waals surface area contributed by atoms with Gasteiger partial charge in [-0.25, -0.2) is 18.1 Å². The largest absolute Gasteiger partial charge is 0.255 e. The van der Waals surface area contributed by atoms with Gasteiger partial charge in [0.15, 0.2) is 0 Å². The number of rotatable bonds is 6. The van der Waals surface area contributed by atoms with Crippen LogP contribution in [0.3, 0.4) is 0 Å².